The molecule has 3 heteroatoms. The Hall–Kier alpha value is -1.38. The molecular weight excluding hydrogens is 236 g/mol. The van der Waals surface area contributed by atoms with Crippen LogP contribution in [-0.2, 0) is 0 Å². The van der Waals surface area contributed by atoms with Crippen LogP contribution in [0, 0.1) is 0 Å². The highest BCUT2D eigenvalue weighted by Crippen LogP contribution is 2.38. The first-order chi connectivity index (χ1) is 9.02. The van der Waals surface area contributed by atoms with E-state index in [1.54, 1.807) is 0 Å². The fourth-order valence-corrected chi connectivity index (χ4v) is 2.67. The largest absolute Gasteiger partial charge is 0.484 e. The Morgan fingerprint density at radius 1 is 1.26 bits per heavy atom. The number of benzene rings is 1. The second-order valence-corrected chi connectivity index (χ2v) is 6.07. The van der Waals surface area contributed by atoms with Gasteiger partial charge in [-0.3, -0.25) is 0 Å². The quantitative estimate of drug-likeness (QED) is 0.647. The maximum atomic E-state index is 6.03. The number of nitrogens with zero attached hydrogens (tertiary/aromatic N) is 1. The Morgan fingerprint density at radius 2 is 2.05 bits per heavy atom. The average molecular weight is 262 g/mol. The third-order valence-corrected chi connectivity index (χ3v) is 3.56. The summed E-state index contributed by atoms with van der Waals surface area (Å²) in [5.74, 6) is 0.959. The molecule has 3 nitrogen and oxygen atoms in total. The van der Waals surface area contributed by atoms with Crippen molar-refractivity contribution in [1.82, 2.24) is 0 Å². The molecule has 2 rings (SSSR count). The van der Waals surface area contributed by atoms with E-state index in [1.807, 2.05) is 18.2 Å². The summed E-state index contributed by atoms with van der Waals surface area (Å²) >= 11 is 0. The van der Waals surface area contributed by atoms with Gasteiger partial charge in [0, 0.05) is 12.2 Å². The molecule has 0 bridgehead atoms. The Labute approximate surface area is 116 Å². The van der Waals surface area contributed by atoms with Gasteiger partial charge in [0.15, 0.2) is 0 Å². The smallest absolute Gasteiger partial charge is 0.143 e. The molecule has 106 valence electrons. The standard InChI is InChI=1S/C16H26N2O/c1-4-5-6-7-10-18-12-16(2,3)19-15-9-8-13(17)11-14(15)18/h8-9,11H,4-7,10,12,17H2,1-3H3. The minimum absolute atomic E-state index is 0.131. The molecule has 0 radical (unpaired) electrons. The molecule has 0 unspecified atom stereocenters. The minimum atomic E-state index is -0.131. The summed E-state index contributed by atoms with van der Waals surface area (Å²) in [5, 5.41) is 0. The number of ether oxygens (including phenoxy) is 1. The number of anilines is 2. The average Bonchev–Trinajstić information content (AvgIpc) is 2.34. The summed E-state index contributed by atoms with van der Waals surface area (Å²) < 4.78 is 6.03. The molecule has 2 N–H and O–H groups in total. The first-order valence-electron chi connectivity index (χ1n) is 7.35. The van der Waals surface area contributed by atoms with Gasteiger partial charge in [-0.2, -0.15) is 0 Å². The fourth-order valence-electron chi connectivity index (χ4n) is 2.67. The van der Waals surface area contributed by atoms with Crippen LogP contribution >= 0.6 is 0 Å². The minimum Gasteiger partial charge on any atom is -0.484 e. The summed E-state index contributed by atoms with van der Waals surface area (Å²) in [6, 6.07) is 5.94. The molecule has 19 heavy (non-hydrogen) atoms. The lowest BCUT2D eigenvalue weighted by atomic mass is 10.0. The molecule has 0 saturated heterocycles. The number of unbranched alkanes of at least 4 members (excludes halogenated alkanes) is 3. The van der Waals surface area contributed by atoms with E-state index in [1.165, 1.54) is 25.7 Å². The van der Waals surface area contributed by atoms with E-state index in [0.717, 1.165) is 30.2 Å². The van der Waals surface area contributed by atoms with Crippen molar-refractivity contribution in [2.45, 2.75) is 52.1 Å². The highest BCUT2D eigenvalue weighted by atomic mass is 16.5. The van der Waals surface area contributed by atoms with E-state index in [-0.39, 0.29) is 5.60 Å². The fraction of sp³-hybridized carbons (Fsp3) is 0.625. The van der Waals surface area contributed by atoms with Crippen LogP contribution in [0.1, 0.15) is 46.5 Å². The highest BCUT2D eigenvalue weighted by Gasteiger charge is 2.31. The van der Waals surface area contributed by atoms with Gasteiger partial charge in [-0.25, -0.2) is 0 Å². The van der Waals surface area contributed by atoms with Gasteiger partial charge in [0.25, 0.3) is 0 Å². The van der Waals surface area contributed by atoms with Crippen LogP contribution in [0.3, 0.4) is 0 Å². The Balaban J connectivity index is 2.11. The topological polar surface area (TPSA) is 38.5 Å². The summed E-state index contributed by atoms with van der Waals surface area (Å²) in [6.45, 7) is 8.54. The lowest BCUT2D eigenvalue weighted by Crippen LogP contribution is -2.47. The van der Waals surface area contributed by atoms with Crippen molar-refractivity contribution in [1.29, 1.82) is 0 Å². The van der Waals surface area contributed by atoms with Gasteiger partial charge in [-0.1, -0.05) is 26.2 Å². The van der Waals surface area contributed by atoms with Crippen molar-refractivity contribution in [2.75, 3.05) is 23.7 Å². The molecular formula is C16H26N2O. The van der Waals surface area contributed by atoms with Crippen molar-refractivity contribution >= 4 is 11.4 Å². The maximum absolute atomic E-state index is 6.03. The monoisotopic (exact) mass is 262 g/mol. The van der Waals surface area contributed by atoms with Crippen molar-refractivity contribution in [3.8, 4) is 5.75 Å². The maximum Gasteiger partial charge on any atom is 0.143 e. The van der Waals surface area contributed by atoms with Crippen molar-refractivity contribution in [3.63, 3.8) is 0 Å². The van der Waals surface area contributed by atoms with Gasteiger partial charge < -0.3 is 15.4 Å². The van der Waals surface area contributed by atoms with Crippen LogP contribution in [0.25, 0.3) is 0 Å². The number of hydrogen-bond acceptors (Lipinski definition) is 3. The van der Waals surface area contributed by atoms with Gasteiger partial charge in [-0.05, 0) is 38.5 Å². The Morgan fingerprint density at radius 3 is 2.79 bits per heavy atom. The van der Waals surface area contributed by atoms with Crippen LogP contribution in [0.4, 0.5) is 11.4 Å². The van der Waals surface area contributed by atoms with E-state index in [2.05, 4.69) is 25.7 Å². The first-order valence-corrected chi connectivity index (χ1v) is 7.35. The highest BCUT2D eigenvalue weighted by molar-refractivity contribution is 5.66. The van der Waals surface area contributed by atoms with E-state index >= 15 is 0 Å². The normalized spacial score (nSPS) is 16.9. The predicted molar refractivity (Wildman–Crippen MR) is 81.9 cm³/mol. The molecule has 0 atom stereocenters. The zero-order valence-electron chi connectivity index (χ0n) is 12.4. The molecule has 0 aromatic heterocycles. The first kappa shape index (κ1) is 14.0. The van der Waals surface area contributed by atoms with E-state index in [4.69, 9.17) is 10.5 Å². The zero-order chi connectivity index (χ0) is 13.9. The van der Waals surface area contributed by atoms with Crippen molar-refractivity contribution in [3.05, 3.63) is 18.2 Å². The summed E-state index contributed by atoms with van der Waals surface area (Å²) in [4.78, 5) is 2.42. The van der Waals surface area contributed by atoms with E-state index < -0.39 is 0 Å². The summed E-state index contributed by atoms with van der Waals surface area (Å²) in [7, 11) is 0. The number of hydrogen-bond donors (Lipinski definition) is 1. The molecule has 0 aliphatic carbocycles. The number of nitrogen functional groups attached to an aromatic ring is 1. The van der Waals surface area contributed by atoms with Crippen LogP contribution in [0.5, 0.6) is 5.75 Å². The van der Waals surface area contributed by atoms with Crippen LogP contribution in [0.15, 0.2) is 18.2 Å². The molecule has 1 heterocycles. The van der Waals surface area contributed by atoms with Crippen LogP contribution in [-0.4, -0.2) is 18.7 Å². The van der Waals surface area contributed by atoms with Gasteiger partial charge in [0.1, 0.15) is 11.4 Å². The summed E-state index contributed by atoms with van der Waals surface area (Å²) in [6.07, 6.45) is 5.12. The molecule has 0 saturated carbocycles. The SMILES string of the molecule is CCCCCCN1CC(C)(C)Oc2ccc(N)cc21. The van der Waals surface area contributed by atoms with E-state index in [9.17, 15) is 0 Å². The Kier molecular flexibility index (Phi) is 4.23. The Bertz CT molecular complexity index is 429. The lowest BCUT2D eigenvalue weighted by Gasteiger charge is -2.41. The third kappa shape index (κ3) is 3.55. The van der Waals surface area contributed by atoms with Gasteiger partial charge in [0.2, 0.25) is 0 Å². The van der Waals surface area contributed by atoms with E-state index in [0.29, 0.717) is 0 Å². The van der Waals surface area contributed by atoms with Gasteiger partial charge in [-0.15, -0.1) is 0 Å². The van der Waals surface area contributed by atoms with Crippen LogP contribution < -0.4 is 15.4 Å². The second kappa shape index (κ2) is 5.72. The predicted octanol–water partition coefficient (Wildman–Crippen LogP) is 3.83. The molecule has 1 aliphatic rings. The second-order valence-electron chi connectivity index (χ2n) is 6.07. The molecule has 0 fully saturated rings. The molecule has 1 aromatic carbocycles. The number of fused-ring (bicyclic) bond motifs is 1. The van der Waals surface area contributed by atoms with Gasteiger partial charge >= 0.3 is 0 Å². The summed E-state index contributed by atoms with van der Waals surface area (Å²) in [5.41, 5.74) is 7.73. The van der Waals surface area contributed by atoms with Crippen LogP contribution in [0.2, 0.25) is 0 Å². The number of rotatable bonds is 5. The van der Waals surface area contributed by atoms with Crippen molar-refractivity contribution < 1.29 is 4.74 Å². The molecule has 1 aliphatic heterocycles. The van der Waals surface area contributed by atoms with Crippen molar-refractivity contribution in [2.24, 2.45) is 0 Å². The molecule has 0 spiro atoms. The molecule has 1 aromatic rings. The number of nitrogens with two attached hydrogens (primary N) is 1. The third-order valence-electron chi connectivity index (χ3n) is 3.56. The lowest BCUT2D eigenvalue weighted by molar-refractivity contribution is 0.105. The zero-order valence-corrected chi connectivity index (χ0v) is 12.4. The molecule has 0 amide bonds. The van der Waals surface area contributed by atoms with Gasteiger partial charge in [0.05, 0.1) is 12.2 Å².